The first-order chi connectivity index (χ1) is 19.8. The van der Waals surface area contributed by atoms with Crippen molar-refractivity contribution in [2.45, 2.75) is 72.6 Å². The van der Waals surface area contributed by atoms with Crippen LogP contribution in [0.1, 0.15) is 60.2 Å². The van der Waals surface area contributed by atoms with Crippen LogP contribution in [0.15, 0.2) is 66.7 Å². The van der Waals surface area contributed by atoms with Crippen molar-refractivity contribution in [3.8, 4) is 6.07 Å². The largest absolute Gasteiger partial charge is 0.444 e. The van der Waals surface area contributed by atoms with Gasteiger partial charge in [0.2, 0.25) is 5.91 Å². The first kappa shape index (κ1) is 31.9. The van der Waals surface area contributed by atoms with Crippen LogP contribution in [0.5, 0.6) is 0 Å². The number of benzene rings is 3. The molecule has 0 fully saturated rings. The topological polar surface area (TPSA) is 112 Å². The smallest absolute Gasteiger partial charge is 0.408 e. The summed E-state index contributed by atoms with van der Waals surface area (Å²) in [5.74, 6) is -1.04. The molecule has 220 valence electrons. The van der Waals surface area contributed by atoms with E-state index in [0.717, 1.165) is 27.8 Å². The Morgan fingerprint density at radius 3 is 2.05 bits per heavy atom. The number of carbonyl (C=O) groups excluding carboxylic acids is 3. The van der Waals surface area contributed by atoms with E-state index in [-0.39, 0.29) is 13.0 Å². The third-order valence-corrected chi connectivity index (χ3v) is 6.64. The van der Waals surface area contributed by atoms with E-state index in [1.165, 1.54) is 4.90 Å². The van der Waals surface area contributed by atoms with Gasteiger partial charge in [-0.05, 0) is 70.7 Å². The number of rotatable bonds is 9. The summed E-state index contributed by atoms with van der Waals surface area (Å²) in [7, 11) is 0. The van der Waals surface area contributed by atoms with Gasteiger partial charge in [-0.15, -0.1) is 0 Å². The second kappa shape index (κ2) is 13.8. The highest BCUT2D eigenvalue weighted by Gasteiger charge is 2.37. The van der Waals surface area contributed by atoms with Crippen LogP contribution in [0.3, 0.4) is 0 Å². The zero-order valence-corrected chi connectivity index (χ0v) is 25.4. The molecule has 0 saturated heterocycles. The van der Waals surface area contributed by atoms with Gasteiger partial charge in [-0.25, -0.2) is 4.79 Å². The minimum Gasteiger partial charge on any atom is -0.444 e. The van der Waals surface area contributed by atoms with E-state index in [1.54, 1.807) is 20.8 Å². The number of nitrogens with one attached hydrogen (secondary N) is 2. The van der Waals surface area contributed by atoms with Crippen molar-refractivity contribution in [3.05, 3.63) is 100 Å². The van der Waals surface area contributed by atoms with Crippen LogP contribution in [0, 0.1) is 39.0 Å². The molecular formula is C34H40N4O4. The summed E-state index contributed by atoms with van der Waals surface area (Å²) >= 11 is 0. The van der Waals surface area contributed by atoms with Gasteiger partial charge in [-0.3, -0.25) is 9.59 Å². The molecule has 0 radical (unpaired) electrons. The van der Waals surface area contributed by atoms with Crippen molar-refractivity contribution >= 4 is 23.6 Å². The van der Waals surface area contributed by atoms with Crippen LogP contribution in [0.2, 0.25) is 0 Å². The highest BCUT2D eigenvalue weighted by Crippen LogP contribution is 2.28. The van der Waals surface area contributed by atoms with Crippen molar-refractivity contribution in [2.75, 3.05) is 11.9 Å². The Balaban J connectivity index is 2.10. The SMILES string of the molecule is Cc1cc(C)cc(C(C(=O)Nc2c(C)cccc2C)N(CC#N)C(=O)C(Cc2ccccc2)NC(=O)OC(C)(C)C)c1. The molecule has 42 heavy (non-hydrogen) atoms. The molecule has 3 aromatic rings. The monoisotopic (exact) mass is 568 g/mol. The first-order valence-electron chi connectivity index (χ1n) is 13.9. The summed E-state index contributed by atoms with van der Waals surface area (Å²) in [6.45, 7) is 12.4. The second-order valence-corrected chi connectivity index (χ2v) is 11.6. The molecule has 0 spiro atoms. The van der Waals surface area contributed by atoms with Gasteiger partial charge >= 0.3 is 6.09 Å². The standard InChI is InChI=1S/C34H40N4O4/c1-22-18-23(2)20-27(19-22)30(31(39)37-29-24(3)12-11-13-25(29)4)38(17-16-35)32(40)28(21-26-14-9-8-10-15-26)36-33(41)42-34(5,6)7/h8-15,18-20,28,30H,17,21H2,1-7H3,(H,36,41)(H,37,39). The minimum absolute atomic E-state index is 0.138. The van der Waals surface area contributed by atoms with Gasteiger partial charge < -0.3 is 20.3 Å². The van der Waals surface area contributed by atoms with Gasteiger partial charge in [0, 0.05) is 12.1 Å². The Morgan fingerprint density at radius 2 is 1.50 bits per heavy atom. The lowest BCUT2D eigenvalue weighted by atomic mass is 9.97. The fraction of sp³-hybridized carbons (Fsp3) is 0.353. The molecule has 3 rings (SSSR count). The molecule has 3 aromatic carbocycles. The molecule has 2 N–H and O–H groups in total. The number of aryl methyl sites for hydroxylation is 4. The van der Waals surface area contributed by atoms with Gasteiger partial charge in [-0.1, -0.05) is 77.9 Å². The van der Waals surface area contributed by atoms with E-state index >= 15 is 0 Å². The van der Waals surface area contributed by atoms with Crippen LogP contribution in [0.25, 0.3) is 0 Å². The Bertz CT molecular complexity index is 1430. The molecule has 0 aromatic heterocycles. The van der Waals surface area contributed by atoms with E-state index in [1.807, 2.05) is 94.4 Å². The molecule has 0 aliphatic rings. The predicted octanol–water partition coefficient (Wildman–Crippen LogP) is 6.09. The van der Waals surface area contributed by atoms with Gasteiger partial charge in [-0.2, -0.15) is 5.26 Å². The van der Waals surface area contributed by atoms with E-state index in [2.05, 4.69) is 16.7 Å². The summed E-state index contributed by atoms with van der Waals surface area (Å²) in [5, 5.41) is 15.6. The van der Waals surface area contributed by atoms with Crippen molar-refractivity contribution in [1.29, 1.82) is 5.26 Å². The molecule has 2 unspecified atom stereocenters. The number of hydrogen-bond donors (Lipinski definition) is 2. The summed E-state index contributed by atoms with van der Waals surface area (Å²) in [6.07, 6.45) is -0.629. The normalized spacial score (nSPS) is 12.4. The molecule has 0 saturated carbocycles. The molecule has 0 aliphatic carbocycles. The van der Waals surface area contributed by atoms with Crippen LogP contribution < -0.4 is 10.6 Å². The van der Waals surface area contributed by atoms with E-state index in [9.17, 15) is 19.6 Å². The Kier molecular flexibility index (Phi) is 10.5. The summed E-state index contributed by atoms with van der Waals surface area (Å²) in [4.78, 5) is 42.6. The second-order valence-electron chi connectivity index (χ2n) is 11.6. The van der Waals surface area contributed by atoms with Crippen molar-refractivity contribution in [2.24, 2.45) is 0 Å². The van der Waals surface area contributed by atoms with E-state index < -0.39 is 35.6 Å². The van der Waals surface area contributed by atoms with E-state index in [0.29, 0.717) is 11.3 Å². The number of carbonyl (C=O) groups is 3. The number of amides is 3. The van der Waals surface area contributed by atoms with Crippen LogP contribution in [0.4, 0.5) is 10.5 Å². The zero-order valence-electron chi connectivity index (χ0n) is 25.4. The van der Waals surface area contributed by atoms with Crippen molar-refractivity contribution in [3.63, 3.8) is 0 Å². The van der Waals surface area contributed by atoms with Crippen molar-refractivity contribution < 1.29 is 19.1 Å². The Morgan fingerprint density at radius 1 is 0.905 bits per heavy atom. The highest BCUT2D eigenvalue weighted by atomic mass is 16.6. The van der Waals surface area contributed by atoms with Crippen molar-refractivity contribution in [1.82, 2.24) is 10.2 Å². The molecular weight excluding hydrogens is 528 g/mol. The lowest BCUT2D eigenvalue weighted by Gasteiger charge is -2.33. The Labute approximate surface area is 248 Å². The van der Waals surface area contributed by atoms with Crippen LogP contribution in [-0.4, -0.2) is 41.0 Å². The first-order valence-corrected chi connectivity index (χ1v) is 13.9. The fourth-order valence-electron chi connectivity index (χ4n) is 4.92. The zero-order chi connectivity index (χ0) is 31.0. The summed E-state index contributed by atoms with van der Waals surface area (Å²) in [6, 6.07) is 20.4. The number of ether oxygens (including phenoxy) is 1. The highest BCUT2D eigenvalue weighted by molar-refractivity contribution is 6.00. The molecule has 2 atom stereocenters. The lowest BCUT2D eigenvalue weighted by molar-refractivity contribution is -0.140. The average molecular weight is 569 g/mol. The fourth-order valence-corrected chi connectivity index (χ4v) is 4.92. The molecule has 0 aliphatic heterocycles. The third kappa shape index (κ3) is 8.68. The third-order valence-electron chi connectivity index (χ3n) is 6.64. The van der Waals surface area contributed by atoms with Gasteiger partial charge in [0.15, 0.2) is 0 Å². The minimum atomic E-state index is -1.14. The number of para-hydroxylation sites is 1. The number of nitriles is 1. The van der Waals surface area contributed by atoms with Gasteiger partial charge in [0.05, 0.1) is 6.07 Å². The van der Waals surface area contributed by atoms with Gasteiger partial charge in [0.1, 0.15) is 24.2 Å². The molecule has 0 heterocycles. The lowest BCUT2D eigenvalue weighted by Crippen LogP contribution is -2.53. The summed E-state index contributed by atoms with van der Waals surface area (Å²) < 4.78 is 5.46. The molecule has 8 nitrogen and oxygen atoms in total. The Hall–Kier alpha value is -4.64. The maximum absolute atomic E-state index is 14.3. The quantitative estimate of drug-likeness (QED) is 0.304. The van der Waals surface area contributed by atoms with Gasteiger partial charge in [0.25, 0.3) is 5.91 Å². The molecule has 0 bridgehead atoms. The number of hydrogen-bond acceptors (Lipinski definition) is 5. The van der Waals surface area contributed by atoms with E-state index in [4.69, 9.17) is 4.74 Å². The number of nitrogens with zero attached hydrogens (tertiary/aromatic N) is 2. The summed E-state index contributed by atoms with van der Waals surface area (Å²) in [5.41, 5.74) is 4.78. The number of anilines is 1. The maximum Gasteiger partial charge on any atom is 0.408 e. The van der Waals surface area contributed by atoms with Crippen LogP contribution >= 0.6 is 0 Å². The maximum atomic E-state index is 14.3. The predicted molar refractivity (Wildman–Crippen MR) is 164 cm³/mol. The number of alkyl carbamates (subject to hydrolysis) is 1. The average Bonchev–Trinajstić information content (AvgIpc) is 2.89. The van der Waals surface area contributed by atoms with Crippen LogP contribution in [-0.2, 0) is 20.7 Å². The molecule has 3 amide bonds. The molecule has 8 heteroatoms.